The Kier molecular flexibility index (Phi) is 5.89. The van der Waals surface area contributed by atoms with Crippen LogP contribution in [0.15, 0.2) is 30.3 Å². The molecular weight excluding hydrogens is 405 g/mol. The molecule has 30 heavy (non-hydrogen) atoms. The first-order chi connectivity index (χ1) is 14.4. The minimum Gasteiger partial charge on any atom is -0.495 e. The van der Waals surface area contributed by atoms with Crippen LogP contribution in [0.4, 0.5) is 15.8 Å². The number of anilines is 2. The Morgan fingerprint density at radius 1 is 1.23 bits per heavy atom. The van der Waals surface area contributed by atoms with E-state index in [0.717, 1.165) is 42.2 Å². The van der Waals surface area contributed by atoms with Gasteiger partial charge in [0.15, 0.2) is 0 Å². The standard InChI is InChI=1S/C23H27ClFN3O2/c1-14-12-27(13-15(2)26-14)20-11-19-16(9-21(20)30-3)7-8-28(19)22(29)10-17-5-4-6-18(24)23(17)25/h4-6,9,11,14-15,26H,7-8,10,12-13H2,1-3H3. The zero-order valence-corrected chi connectivity index (χ0v) is 18.3. The molecule has 4 rings (SSSR count). The Morgan fingerprint density at radius 2 is 1.97 bits per heavy atom. The summed E-state index contributed by atoms with van der Waals surface area (Å²) in [5.41, 5.74) is 3.27. The van der Waals surface area contributed by atoms with Crippen molar-refractivity contribution in [2.75, 3.05) is 36.5 Å². The van der Waals surface area contributed by atoms with Crippen molar-refractivity contribution >= 4 is 28.9 Å². The quantitative estimate of drug-likeness (QED) is 0.799. The highest BCUT2D eigenvalue weighted by Crippen LogP contribution is 2.40. The van der Waals surface area contributed by atoms with Crippen molar-refractivity contribution in [3.05, 3.63) is 52.3 Å². The van der Waals surface area contributed by atoms with Crippen LogP contribution in [0.3, 0.4) is 0 Å². The van der Waals surface area contributed by atoms with Gasteiger partial charge in [0.25, 0.3) is 0 Å². The first-order valence-corrected chi connectivity index (χ1v) is 10.7. The second-order valence-electron chi connectivity index (χ2n) is 8.21. The fraction of sp³-hybridized carbons (Fsp3) is 0.435. The molecule has 2 aromatic carbocycles. The van der Waals surface area contributed by atoms with Gasteiger partial charge in [0, 0.05) is 37.4 Å². The molecule has 2 atom stereocenters. The van der Waals surface area contributed by atoms with E-state index in [9.17, 15) is 9.18 Å². The molecule has 1 N–H and O–H groups in total. The van der Waals surface area contributed by atoms with Crippen molar-refractivity contribution in [3.8, 4) is 5.75 Å². The predicted molar refractivity (Wildman–Crippen MR) is 118 cm³/mol. The van der Waals surface area contributed by atoms with Gasteiger partial charge in [0.2, 0.25) is 5.91 Å². The number of fused-ring (bicyclic) bond motifs is 1. The van der Waals surface area contributed by atoms with Gasteiger partial charge in [-0.2, -0.15) is 0 Å². The maximum absolute atomic E-state index is 14.3. The number of carbonyl (C=O) groups excluding carboxylic acids is 1. The lowest BCUT2D eigenvalue weighted by molar-refractivity contribution is -0.117. The smallest absolute Gasteiger partial charge is 0.231 e. The molecule has 5 nitrogen and oxygen atoms in total. The number of nitrogens with one attached hydrogen (secondary N) is 1. The number of rotatable bonds is 4. The van der Waals surface area contributed by atoms with Crippen molar-refractivity contribution in [1.29, 1.82) is 0 Å². The first kappa shape index (κ1) is 20.9. The Labute approximate surface area is 181 Å². The third-order valence-corrected chi connectivity index (χ3v) is 6.14. The fourth-order valence-corrected chi connectivity index (χ4v) is 4.73. The Balaban J connectivity index is 1.63. The molecule has 1 saturated heterocycles. The summed E-state index contributed by atoms with van der Waals surface area (Å²) < 4.78 is 20.0. The number of nitrogens with zero attached hydrogens (tertiary/aromatic N) is 2. The lowest BCUT2D eigenvalue weighted by Crippen LogP contribution is -2.54. The number of benzene rings is 2. The number of carbonyl (C=O) groups is 1. The molecule has 2 aliphatic rings. The van der Waals surface area contributed by atoms with Crippen molar-refractivity contribution < 1.29 is 13.9 Å². The number of amides is 1. The molecule has 2 unspecified atom stereocenters. The monoisotopic (exact) mass is 431 g/mol. The highest BCUT2D eigenvalue weighted by molar-refractivity contribution is 6.30. The van der Waals surface area contributed by atoms with Crippen LogP contribution >= 0.6 is 11.6 Å². The van der Waals surface area contributed by atoms with Crippen LogP contribution in [0.25, 0.3) is 0 Å². The summed E-state index contributed by atoms with van der Waals surface area (Å²) >= 11 is 5.88. The molecule has 1 amide bonds. The molecule has 0 aromatic heterocycles. The van der Waals surface area contributed by atoms with Crippen molar-refractivity contribution in [2.45, 2.75) is 38.8 Å². The van der Waals surface area contributed by atoms with Crippen LogP contribution in [0.5, 0.6) is 5.75 Å². The van der Waals surface area contributed by atoms with Gasteiger partial charge in [0.1, 0.15) is 11.6 Å². The average Bonchev–Trinajstić information content (AvgIpc) is 3.12. The van der Waals surface area contributed by atoms with Gasteiger partial charge < -0.3 is 19.9 Å². The number of halogens is 2. The van der Waals surface area contributed by atoms with Gasteiger partial charge in [-0.3, -0.25) is 4.79 Å². The molecule has 0 spiro atoms. The number of ether oxygens (including phenoxy) is 1. The van der Waals surface area contributed by atoms with Gasteiger partial charge in [-0.15, -0.1) is 0 Å². The van der Waals surface area contributed by atoms with Crippen molar-refractivity contribution in [3.63, 3.8) is 0 Å². The van der Waals surface area contributed by atoms with E-state index in [4.69, 9.17) is 16.3 Å². The summed E-state index contributed by atoms with van der Waals surface area (Å²) in [4.78, 5) is 17.1. The highest BCUT2D eigenvalue weighted by Gasteiger charge is 2.30. The lowest BCUT2D eigenvalue weighted by Gasteiger charge is -2.38. The molecule has 0 bridgehead atoms. The molecule has 0 aliphatic carbocycles. The highest BCUT2D eigenvalue weighted by atomic mass is 35.5. The molecule has 1 fully saturated rings. The maximum atomic E-state index is 14.3. The van der Waals surface area contributed by atoms with Crippen molar-refractivity contribution in [2.24, 2.45) is 0 Å². The van der Waals surface area contributed by atoms with E-state index in [0.29, 0.717) is 24.2 Å². The van der Waals surface area contributed by atoms with Crippen LogP contribution in [0.2, 0.25) is 5.02 Å². The molecule has 0 radical (unpaired) electrons. The molecular formula is C23H27ClFN3O2. The molecule has 160 valence electrons. The van der Waals surface area contributed by atoms with Gasteiger partial charge in [-0.05, 0) is 49.6 Å². The van der Waals surface area contributed by atoms with E-state index in [1.54, 1.807) is 24.1 Å². The zero-order chi connectivity index (χ0) is 21.4. The summed E-state index contributed by atoms with van der Waals surface area (Å²) in [6, 6.07) is 9.57. The van der Waals surface area contributed by atoms with Crippen LogP contribution in [0, 0.1) is 5.82 Å². The molecule has 2 aromatic rings. The van der Waals surface area contributed by atoms with E-state index in [1.165, 1.54) is 6.07 Å². The predicted octanol–water partition coefficient (Wildman–Crippen LogP) is 3.81. The Bertz CT molecular complexity index is 958. The summed E-state index contributed by atoms with van der Waals surface area (Å²) in [5, 5.41) is 3.58. The van der Waals surface area contributed by atoms with E-state index in [1.807, 2.05) is 6.07 Å². The first-order valence-electron chi connectivity index (χ1n) is 10.3. The summed E-state index contributed by atoms with van der Waals surface area (Å²) in [6.45, 7) is 6.63. The van der Waals surface area contributed by atoms with Gasteiger partial charge in [0.05, 0.1) is 24.2 Å². The van der Waals surface area contributed by atoms with E-state index >= 15 is 0 Å². The van der Waals surface area contributed by atoms with E-state index in [-0.39, 0.29) is 17.4 Å². The number of hydrogen-bond acceptors (Lipinski definition) is 4. The number of piperazine rings is 1. The third kappa shape index (κ3) is 3.98. The SMILES string of the molecule is COc1cc2c(cc1N1CC(C)NC(C)C1)N(C(=O)Cc1cccc(Cl)c1F)CC2. The fourth-order valence-electron chi connectivity index (χ4n) is 4.54. The maximum Gasteiger partial charge on any atom is 0.231 e. The summed E-state index contributed by atoms with van der Waals surface area (Å²) in [5.74, 6) is 0.171. The molecule has 7 heteroatoms. The largest absolute Gasteiger partial charge is 0.495 e. The van der Waals surface area contributed by atoms with Gasteiger partial charge >= 0.3 is 0 Å². The molecule has 0 saturated carbocycles. The van der Waals surface area contributed by atoms with Gasteiger partial charge in [-0.25, -0.2) is 4.39 Å². The van der Waals surface area contributed by atoms with Crippen LogP contribution < -0.4 is 19.9 Å². The third-order valence-electron chi connectivity index (χ3n) is 5.85. The average molecular weight is 432 g/mol. The molecule has 2 aliphatic heterocycles. The lowest BCUT2D eigenvalue weighted by atomic mass is 10.1. The van der Waals surface area contributed by atoms with Crippen molar-refractivity contribution in [1.82, 2.24) is 5.32 Å². The van der Waals surface area contributed by atoms with E-state index in [2.05, 4.69) is 30.1 Å². The topological polar surface area (TPSA) is 44.8 Å². The number of methoxy groups -OCH3 is 1. The Hall–Kier alpha value is -2.31. The number of hydrogen-bond donors (Lipinski definition) is 1. The minimum absolute atomic E-state index is 0.0190. The second-order valence-corrected chi connectivity index (χ2v) is 8.62. The van der Waals surface area contributed by atoms with Crippen LogP contribution in [-0.4, -0.2) is 44.7 Å². The van der Waals surface area contributed by atoms with Crippen LogP contribution in [-0.2, 0) is 17.6 Å². The molecule has 2 heterocycles. The normalized spacial score (nSPS) is 21.0. The zero-order valence-electron chi connectivity index (χ0n) is 17.5. The Morgan fingerprint density at radius 3 is 2.67 bits per heavy atom. The van der Waals surface area contributed by atoms with Gasteiger partial charge in [-0.1, -0.05) is 23.7 Å². The summed E-state index contributed by atoms with van der Waals surface area (Å²) in [6.07, 6.45) is 0.735. The summed E-state index contributed by atoms with van der Waals surface area (Å²) in [7, 11) is 1.68. The minimum atomic E-state index is -0.522. The van der Waals surface area contributed by atoms with E-state index < -0.39 is 5.82 Å². The second kappa shape index (κ2) is 8.44. The van der Waals surface area contributed by atoms with Crippen LogP contribution in [0.1, 0.15) is 25.0 Å².